The Labute approximate surface area is 100 Å². The molecule has 0 bridgehead atoms. The Morgan fingerprint density at radius 3 is 2.38 bits per heavy atom. The number of aliphatic hydroxyl groups is 2. The van der Waals surface area contributed by atoms with Gasteiger partial charge < -0.3 is 32.4 Å². The SMILES string of the molecule is O=C([S-])CC(O)C(=O)OCCCCCCO. The van der Waals surface area contributed by atoms with Crippen molar-refractivity contribution in [3.05, 3.63) is 0 Å². The third-order valence-electron chi connectivity index (χ3n) is 1.93. The van der Waals surface area contributed by atoms with E-state index in [4.69, 9.17) is 14.9 Å². The van der Waals surface area contributed by atoms with Crippen molar-refractivity contribution < 1.29 is 24.5 Å². The number of hydrogen-bond donors (Lipinski definition) is 2. The zero-order valence-electron chi connectivity index (χ0n) is 9.05. The van der Waals surface area contributed by atoms with Crippen LogP contribution in [-0.2, 0) is 27.0 Å². The van der Waals surface area contributed by atoms with Gasteiger partial charge in [0.25, 0.3) is 0 Å². The van der Waals surface area contributed by atoms with Gasteiger partial charge >= 0.3 is 5.97 Å². The Morgan fingerprint density at radius 1 is 1.19 bits per heavy atom. The van der Waals surface area contributed by atoms with Crippen molar-refractivity contribution in [1.82, 2.24) is 0 Å². The Balaban J connectivity index is 3.46. The van der Waals surface area contributed by atoms with Crippen LogP contribution in [0.4, 0.5) is 0 Å². The highest BCUT2D eigenvalue weighted by Crippen LogP contribution is 2.01. The largest absolute Gasteiger partial charge is 0.742 e. The Kier molecular flexibility index (Phi) is 9.07. The first-order valence-electron chi connectivity index (χ1n) is 5.23. The topological polar surface area (TPSA) is 83.8 Å². The molecule has 0 aromatic rings. The molecule has 5 nitrogen and oxygen atoms in total. The number of esters is 1. The van der Waals surface area contributed by atoms with Crippen molar-refractivity contribution in [3.8, 4) is 0 Å². The maximum absolute atomic E-state index is 11.1. The second kappa shape index (κ2) is 9.50. The minimum atomic E-state index is -1.44. The van der Waals surface area contributed by atoms with E-state index in [-0.39, 0.29) is 19.6 Å². The van der Waals surface area contributed by atoms with Gasteiger partial charge in [0.15, 0.2) is 6.10 Å². The molecule has 0 spiro atoms. The molecule has 1 unspecified atom stereocenters. The van der Waals surface area contributed by atoms with Crippen LogP contribution in [0.1, 0.15) is 32.1 Å². The van der Waals surface area contributed by atoms with Gasteiger partial charge in [-0.2, -0.15) is 0 Å². The number of hydrogen-bond acceptors (Lipinski definition) is 6. The van der Waals surface area contributed by atoms with Crippen molar-refractivity contribution in [3.63, 3.8) is 0 Å². The van der Waals surface area contributed by atoms with Crippen LogP contribution in [0.25, 0.3) is 0 Å². The van der Waals surface area contributed by atoms with Gasteiger partial charge in [0.2, 0.25) is 0 Å². The molecule has 0 radical (unpaired) electrons. The average Bonchev–Trinajstić information content (AvgIpc) is 2.21. The van der Waals surface area contributed by atoms with Gasteiger partial charge in [0, 0.05) is 18.1 Å². The van der Waals surface area contributed by atoms with E-state index in [1.54, 1.807) is 0 Å². The van der Waals surface area contributed by atoms with Crippen LogP contribution in [0.5, 0.6) is 0 Å². The summed E-state index contributed by atoms with van der Waals surface area (Å²) in [6.07, 6.45) is 1.33. The minimum Gasteiger partial charge on any atom is -0.742 e. The number of aliphatic hydroxyl groups excluding tert-OH is 2. The van der Waals surface area contributed by atoms with E-state index < -0.39 is 17.2 Å². The highest BCUT2D eigenvalue weighted by molar-refractivity contribution is 7.77. The molecular weight excluding hydrogens is 232 g/mol. The number of carbonyl (C=O) groups is 2. The molecular formula is C10H17O5S-. The van der Waals surface area contributed by atoms with Crippen LogP contribution in [0.15, 0.2) is 0 Å². The highest BCUT2D eigenvalue weighted by Gasteiger charge is 2.15. The molecule has 0 aromatic carbocycles. The predicted molar refractivity (Wildman–Crippen MR) is 59.5 cm³/mol. The van der Waals surface area contributed by atoms with Crippen LogP contribution in [0, 0.1) is 0 Å². The van der Waals surface area contributed by atoms with Crippen molar-refractivity contribution in [2.75, 3.05) is 13.2 Å². The summed E-state index contributed by atoms with van der Waals surface area (Å²) in [6, 6.07) is 0. The fourth-order valence-corrected chi connectivity index (χ4v) is 1.24. The highest BCUT2D eigenvalue weighted by atomic mass is 32.1. The quantitative estimate of drug-likeness (QED) is 0.337. The minimum absolute atomic E-state index is 0.166. The van der Waals surface area contributed by atoms with E-state index in [9.17, 15) is 9.59 Å². The first-order valence-corrected chi connectivity index (χ1v) is 5.64. The Bertz CT molecular complexity index is 219. The summed E-state index contributed by atoms with van der Waals surface area (Å²) in [5.74, 6) is -0.805. The third-order valence-corrected chi connectivity index (χ3v) is 2.10. The van der Waals surface area contributed by atoms with Gasteiger partial charge in [-0.3, -0.25) is 0 Å². The maximum atomic E-state index is 11.1. The summed E-state index contributed by atoms with van der Waals surface area (Å²) in [4.78, 5) is 21.5. The molecule has 0 heterocycles. The van der Waals surface area contributed by atoms with Gasteiger partial charge in [0.05, 0.1) is 6.61 Å². The van der Waals surface area contributed by atoms with E-state index >= 15 is 0 Å². The van der Waals surface area contributed by atoms with E-state index in [1.165, 1.54) is 0 Å². The first kappa shape index (κ1) is 15.3. The van der Waals surface area contributed by atoms with E-state index in [2.05, 4.69) is 12.6 Å². The average molecular weight is 249 g/mol. The lowest BCUT2D eigenvalue weighted by Crippen LogP contribution is -2.25. The van der Waals surface area contributed by atoms with Crippen LogP contribution < -0.4 is 0 Å². The summed E-state index contributed by atoms with van der Waals surface area (Å²) >= 11 is 4.23. The second-order valence-corrected chi connectivity index (χ2v) is 3.85. The van der Waals surface area contributed by atoms with Crippen molar-refractivity contribution >= 4 is 23.7 Å². The number of ether oxygens (including phenoxy) is 1. The van der Waals surface area contributed by atoms with E-state index in [0.29, 0.717) is 6.42 Å². The molecule has 0 saturated heterocycles. The molecule has 0 rings (SSSR count). The number of unbranched alkanes of at least 4 members (excludes halogenated alkanes) is 3. The normalized spacial score (nSPS) is 12.1. The monoisotopic (exact) mass is 249 g/mol. The lowest BCUT2D eigenvalue weighted by molar-refractivity contribution is -0.154. The lowest BCUT2D eigenvalue weighted by Gasteiger charge is -2.11. The number of rotatable bonds is 9. The van der Waals surface area contributed by atoms with E-state index in [1.807, 2.05) is 0 Å². The molecule has 2 N–H and O–H groups in total. The van der Waals surface area contributed by atoms with Gasteiger partial charge in [-0.05, 0) is 19.3 Å². The maximum Gasteiger partial charge on any atom is 0.335 e. The molecule has 0 aromatic heterocycles. The molecule has 16 heavy (non-hydrogen) atoms. The summed E-state index contributed by atoms with van der Waals surface area (Å²) in [5, 5.41) is 17.0. The van der Waals surface area contributed by atoms with Crippen LogP contribution in [0.2, 0.25) is 0 Å². The van der Waals surface area contributed by atoms with Crippen LogP contribution in [0.3, 0.4) is 0 Å². The molecule has 0 fully saturated rings. The number of carbonyl (C=O) groups excluding carboxylic acids is 2. The molecule has 0 aliphatic rings. The van der Waals surface area contributed by atoms with E-state index in [0.717, 1.165) is 19.3 Å². The van der Waals surface area contributed by atoms with Gasteiger partial charge in [-0.1, -0.05) is 6.42 Å². The fourth-order valence-electron chi connectivity index (χ4n) is 1.08. The zero-order chi connectivity index (χ0) is 12.4. The standard InChI is InChI=1S/C10H18O5S/c11-5-3-1-2-4-6-15-10(14)8(12)7-9(13)16/h8,11-12H,1-7H2,(H,13,16)/p-1. The smallest absolute Gasteiger partial charge is 0.335 e. The summed E-state index contributed by atoms with van der Waals surface area (Å²) < 4.78 is 4.73. The molecule has 0 saturated carbocycles. The zero-order valence-corrected chi connectivity index (χ0v) is 9.87. The Morgan fingerprint density at radius 2 is 1.81 bits per heavy atom. The van der Waals surface area contributed by atoms with Gasteiger partial charge in [0.1, 0.15) is 0 Å². The molecule has 1 atom stereocenters. The van der Waals surface area contributed by atoms with Crippen molar-refractivity contribution in [2.45, 2.75) is 38.2 Å². The summed E-state index contributed by atoms with van der Waals surface area (Å²) in [6.45, 7) is 0.381. The lowest BCUT2D eigenvalue weighted by atomic mass is 10.2. The van der Waals surface area contributed by atoms with Crippen molar-refractivity contribution in [1.29, 1.82) is 0 Å². The molecule has 0 aliphatic heterocycles. The molecule has 0 amide bonds. The van der Waals surface area contributed by atoms with Crippen LogP contribution in [-0.4, -0.2) is 40.6 Å². The third kappa shape index (κ3) is 8.58. The van der Waals surface area contributed by atoms with Gasteiger partial charge in [-0.15, -0.1) is 0 Å². The Hall–Kier alpha value is -0.720. The summed E-state index contributed by atoms with van der Waals surface area (Å²) in [5.41, 5.74) is 0. The summed E-state index contributed by atoms with van der Waals surface area (Å²) in [7, 11) is 0. The fraction of sp³-hybridized carbons (Fsp3) is 0.800. The molecule has 0 aliphatic carbocycles. The van der Waals surface area contributed by atoms with Crippen LogP contribution >= 0.6 is 0 Å². The second-order valence-electron chi connectivity index (χ2n) is 3.40. The molecule has 6 heteroatoms. The first-order chi connectivity index (χ1) is 7.57. The van der Waals surface area contributed by atoms with Gasteiger partial charge in [-0.25, -0.2) is 4.79 Å². The predicted octanol–water partition coefficient (Wildman–Crippen LogP) is -0.0932. The van der Waals surface area contributed by atoms with Crippen molar-refractivity contribution in [2.24, 2.45) is 0 Å². The molecule has 94 valence electrons.